The molecular weight excluding hydrogens is 376 g/mol. The Kier molecular flexibility index (Phi) is 6.02. The first-order chi connectivity index (χ1) is 12.7. The molecular formula is C15H16N6O3S2. The quantitative estimate of drug-likeness (QED) is 0.558. The number of anilines is 2. The second-order valence-electron chi connectivity index (χ2n) is 4.94. The summed E-state index contributed by atoms with van der Waals surface area (Å²) in [6.45, 7) is 0. The summed E-state index contributed by atoms with van der Waals surface area (Å²) in [5.41, 5.74) is 0.593. The molecule has 2 N–H and O–H groups in total. The molecule has 0 saturated heterocycles. The van der Waals surface area contributed by atoms with Crippen molar-refractivity contribution in [3.8, 4) is 5.75 Å². The van der Waals surface area contributed by atoms with E-state index in [0.29, 0.717) is 28.9 Å². The van der Waals surface area contributed by atoms with Crippen molar-refractivity contribution in [1.82, 2.24) is 20.3 Å². The van der Waals surface area contributed by atoms with Gasteiger partial charge in [-0.3, -0.25) is 4.79 Å². The summed E-state index contributed by atoms with van der Waals surface area (Å²) < 4.78 is 11.2. The fraction of sp³-hybridized carbons (Fsp3) is 0.267. The summed E-state index contributed by atoms with van der Waals surface area (Å²) in [7, 11) is 3.33. The minimum Gasteiger partial charge on any atom is -0.495 e. The number of aromatic nitrogens is 4. The summed E-state index contributed by atoms with van der Waals surface area (Å²) in [5, 5.41) is 18.3. The van der Waals surface area contributed by atoms with E-state index in [0.717, 1.165) is 9.47 Å². The zero-order valence-corrected chi connectivity index (χ0v) is 15.7. The maximum Gasteiger partial charge on any atom is 0.237 e. The molecule has 11 heteroatoms. The molecule has 1 amide bonds. The van der Waals surface area contributed by atoms with Gasteiger partial charge in [0, 0.05) is 7.05 Å². The van der Waals surface area contributed by atoms with Gasteiger partial charge in [-0.15, -0.1) is 10.2 Å². The van der Waals surface area contributed by atoms with Crippen LogP contribution in [0.5, 0.6) is 5.75 Å². The lowest BCUT2D eigenvalue weighted by atomic mass is 10.2. The topological polar surface area (TPSA) is 115 Å². The number of amides is 1. The van der Waals surface area contributed by atoms with Gasteiger partial charge in [0.25, 0.3) is 0 Å². The van der Waals surface area contributed by atoms with Gasteiger partial charge < -0.3 is 19.9 Å². The van der Waals surface area contributed by atoms with E-state index in [1.54, 1.807) is 26.3 Å². The van der Waals surface area contributed by atoms with E-state index in [9.17, 15) is 4.79 Å². The number of benzene rings is 1. The molecule has 2 aromatic heterocycles. The lowest BCUT2D eigenvalue weighted by molar-refractivity contribution is -0.115. The number of nitrogens with zero attached hydrogens (tertiary/aromatic N) is 4. The van der Waals surface area contributed by atoms with Gasteiger partial charge in [0.15, 0.2) is 10.2 Å². The Balaban J connectivity index is 1.53. The van der Waals surface area contributed by atoms with Crippen LogP contribution in [0.25, 0.3) is 0 Å². The first-order valence-corrected chi connectivity index (χ1v) is 9.36. The maximum absolute atomic E-state index is 12.2. The molecule has 0 aliphatic carbocycles. The molecule has 0 saturated carbocycles. The third-order valence-corrected chi connectivity index (χ3v) is 5.21. The van der Waals surface area contributed by atoms with Crippen LogP contribution in [-0.4, -0.2) is 40.4 Å². The number of methoxy groups -OCH3 is 1. The van der Waals surface area contributed by atoms with E-state index in [1.807, 2.05) is 12.1 Å². The van der Waals surface area contributed by atoms with Gasteiger partial charge in [0.2, 0.25) is 16.9 Å². The molecule has 26 heavy (non-hydrogen) atoms. The van der Waals surface area contributed by atoms with E-state index in [4.69, 9.17) is 9.26 Å². The molecule has 0 fully saturated rings. The molecule has 9 nitrogen and oxygen atoms in total. The third-order valence-electron chi connectivity index (χ3n) is 3.15. The van der Waals surface area contributed by atoms with Gasteiger partial charge in [0.05, 0.1) is 25.0 Å². The highest BCUT2D eigenvalue weighted by atomic mass is 32.2. The average Bonchev–Trinajstić information content (AvgIpc) is 3.29. The van der Waals surface area contributed by atoms with Crippen molar-refractivity contribution in [3.05, 3.63) is 36.0 Å². The predicted octanol–water partition coefficient (Wildman–Crippen LogP) is 2.44. The number of carbonyl (C=O) groups excluding carboxylic acids is 1. The summed E-state index contributed by atoms with van der Waals surface area (Å²) in [4.78, 5) is 16.4. The van der Waals surface area contributed by atoms with Crippen LogP contribution in [0.4, 0.5) is 10.8 Å². The zero-order chi connectivity index (χ0) is 18.4. The molecule has 0 unspecified atom stereocenters. The number of nitrogens with one attached hydrogen (secondary N) is 2. The summed E-state index contributed by atoms with van der Waals surface area (Å²) in [5.74, 6) is 1.54. The Morgan fingerprint density at radius 3 is 2.96 bits per heavy atom. The number of para-hydroxylation sites is 2. The Bertz CT molecular complexity index is 882. The lowest BCUT2D eigenvalue weighted by Gasteiger charge is -2.08. The molecule has 3 aromatic rings. The highest BCUT2D eigenvalue weighted by Crippen LogP contribution is 2.27. The van der Waals surface area contributed by atoms with Crippen molar-refractivity contribution in [3.63, 3.8) is 0 Å². The molecule has 0 aliphatic heterocycles. The van der Waals surface area contributed by atoms with Crippen LogP contribution in [0.15, 0.2) is 33.1 Å². The van der Waals surface area contributed by atoms with Gasteiger partial charge in [0.1, 0.15) is 5.75 Å². The summed E-state index contributed by atoms with van der Waals surface area (Å²) >= 11 is 2.88. The van der Waals surface area contributed by atoms with E-state index >= 15 is 0 Å². The molecule has 0 aliphatic rings. The monoisotopic (exact) mass is 392 g/mol. The largest absolute Gasteiger partial charge is 0.495 e. The Labute approximate surface area is 157 Å². The van der Waals surface area contributed by atoms with Crippen molar-refractivity contribution in [2.24, 2.45) is 0 Å². The number of carbonyl (C=O) groups is 1. The Morgan fingerprint density at radius 1 is 1.35 bits per heavy atom. The molecule has 0 atom stereocenters. The van der Waals surface area contributed by atoms with Crippen LogP contribution in [0.3, 0.4) is 0 Å². The van der Waals surface area contributed by atoms with Gasteiger partial charge in [-0.05, 0) is 12.1 Å². The SMILES string of the molecule is CNc1nnc(SCc2nc(CC(=O)Nc3ccccc3OC)no2)s1. The van der Waals surface area contributed by atoms with Crippen LogP contribution in [0.1, 0.15) is 11.7 Å². The highest BCUT2D eigenvalue weighted by Gasteiger charge is 2.14. The van der Waals surface area contributed by atoms with E-state index in [-0.39, 0.29) is 12.3 Å². The molecule has 0 bridgehead atoms. The van der Waals surface area contributed by atoms with Crippen molar-refractivity contribution < 1.29 is 14.1 Å². The number of hydrogen-bond acceptors (Lipinski definition) is 10. The van der Waals surface area contributed by atoms with E-state index in [1.165, 1.54) is 23.1 Å². The summed E-state index contributed by atoms with van der Waals surface area (Å²) in [6.07, 6.45) is 0.00885. The highest BCUT2D eigenvalue weighted by molar-refractivity contribution is 8.00. The number of hydrogen-bond donors (Lipinski definition) is 2. The van der Waals surface area contributed by atoms with Crippen molar-refractivity contribution >= 4 is 39.8 Å². The number of ether oxygens (including phenoxy) is 1. The van der Waals surface area contributed by atoms with Crippen LogP contribution < -0.4 is 15.4 Å². The zero-order valence-electron chi connectivity index (χ0n) is 14.1. The standard InChI is InChI=1S/C15H16N6O3S2/c1-16-14-19-20-15(26-14)25-8-13-18-11(21-24-13)7-12(22)17-9-5-3-4-6-10(9)23-2/h3-6H,7-8H2,1-2H3,(H,16,19)(H,17,22). The van der Waals surface area contributed by atoms with Gasteiger partial charge >= 0.3 is 0 Å². The Hall–Kier alpha value is -2.66. The van der Waals surface area contributed by atoms with E-state index in [2.05, 4.69) is 31.0 Å². The predicted molar refractivity (Wildman–Crippen MR) is 98.6 cm³/mol. The Morgan fingerprint density at radius 2 is 2.19 bits per heavy atom. The first kappa shape index (κ1) is 18.1. The molecule has 0 radical (unpaired) electrons. The lowest BCUT2D eigenvalue weighted by Crippen LogP contribution is -2.15. The summed E-state index contributed by atoms with van der Waals surface area (Å²) in [6, 6.07) is 7.17. The van der Waals surface area contributed by atoms with Crippen LogP contribution >= 0.6 is 23.1 Å². The average molecular weight is 392 g/mol. The normalized spacial score (nSPS) is 10.5. The molecule has 136 valence electrons. The second-order valence-corrected chi connectivity index (χ2v) is 7.14. The molecule has 1 aromatic carbocycles. The first-order valence-electron chi connectivity index (χ1n) is 7.56. The van der Waals surface area contributed by atoms with Crippen LogP contribution in [0.2, 0.25) is 0 Å². The third kappa shape index (κ3) is 4.70. The molecule has 2 heterocycles. The second kappa shape index (κ2) is 8.63. The fourth-order valence-corrected chi connectivity index (χ4v) is 3.54. The smallest absolute Gasteiger partial charge is 0.237 e. The number of thioether (sulfide) groups is 1. The van der Waals surface area contributed by atoms with Gasteiger partial charge in [-0.2, -0.15) is 4.98 Å². The number of rotatable bonds is 8. The van der Waals surface area contributed by atoms with Gasteiger partial charge in [-0.25, -0.2) is 0 Å². The molecule has 0 spiro atoms. The van der Waals surface area contributed by atoms with E-state index < -0.39 is 0 Å². The molecule has 3 rings (SSSR count). The minimum atomic E-state index is -0.253. The van der Waals surface area contributed by atoms with Crippen LogP contribution in [0, 0.1) is 0 Å². The van der Waals surface area contributed by atoms with Crippen molar-refractivity contribution in [1.29, 1.82) is 0 Å². The van der Waals surface area contributed by atoms with Crippen molar-refractivity contribution in [2.75, 3.05) is 24.8 Å². The maximum atomic E-state index is 12.2. The van der Waals surface area contributed by atoms with Gasteiger partial charge in [-0.1, -0.05) is 40.4 Å². The minimum absolute atomic E-state index is 0.00885. The van der Waals surface area contributed by atoms with Crippen molar-refractivity contribution in [2.45, 2.75) is 16.5 Å². The fourth-order valence-electron chi connectivity index (χ4n) is 2.00. The van der Waals surface area contributed by atoms with Crippen LogP contribution in [-0.2, 0) is 17.0 Å².